The number of benzene rings is 9. The molecule has 3 heteroatoms. The number of aromatic nitrogens is 1. The van der Waals surface area contributed by atoms with Crippen LogP contribution in [0.1, 0.15) is 47.2 Å². The van der Waals surface area contributed by atoms with Crippen LogP contribution in [-0.4, -0.2) is 4.98 Å². The first-order valence-corrected chi connectivity index (χ1v) is 21.4. The fraction of sp³-hybridized carbons (Fsp3) is 0.0678. The molecule has 62 heavy (non-hydrogen) atoms. The molecule has 0 aliphatic heterocycles. The molecule has 0 spiro atoms. The smallest absolute Gasteiger partial charge is 0.227 e. The topological polar surface area (TPSA) is 29.3 Å². The third-order valence-electron chi connectivity index (χ3n) is 13.4. The molecule has 0 saturated heterocycles. The maximum absolute atomic E-state index is 6.64. The number of nitrogens with zero attached hydrogens (tertiary/aromatic N) is 2. The van der Waals surface area contributed by atoms with E-state index in [4.69, 9.17) is 9.40 Å². The molecule has 1 heterocycles. The monoisotopic (exact) mass is 794 g/mol. The van der Waals surface area contributed by atoms with Gasteiger partial charge < -0.3 is 9.32 Å². The van der Waals surface area contributed by atoms with Gasteiger partial charge in [-0.2, -0.15) is 0 Å². The summed E-state index contributed by atoms with van der Waals surface area (Å²) in [6.45, 7) is 4.70. The van der Waals surface area contributed by atoms with Gasteiger partial charge in [0.25, 0.3) is 0 Å². The van der Waals surface area contributed by atoms with Gasteiger partial charge in [0.1, 0.15) is 5.52 Å². The molecular weight excluding hydrogens is 753 g/mol. The normalized spacial score (nSPS) is 13.9. The Kier molecular flexibility index (Phi) is 8.10. The van der Waals surface area contributed by atoms with Crippen LogP contribution in [0.15, 0.2) is 223 Å². The maximum Gasteiger partial charge on any atom is 0.227 e. The maximum atomic E-state index is 6.64. The highest BCUT2D eigenvalue weighted by atomic mass is 16.3. The molecule has 0 N–H and O–H groups in total. The van der Waals surface area contributed by atoms with Crippen molar-refractivity contribution in [2.24, 2.45) is 0 Å². The van der Waals surface area contributed by atoms with Crippen molar-refractivity contribution in [2.75, 3.05) is 4.90 Å². The molecule has 2 aliphatic carbocycles. The molecular formula is C59H42N2O. The lowest BCUT2D eigenvalue weighted by atomic mass is 9.67. The Morgan fingerprint density at radius 3 is 1.52 bits per heavy atom. The Balaban J connectivity index is 1.05. The zero-order chi connectivity index (χ0) is 41.4. The molecule has 10 aromatic rings. The lowest BCUT2D eigenvalue weighted by molar-refractivity contribution is 0.620. The van der Waals surface area contributed by atoms with E-state index in [9.17, 15) is 0 Å². The third kappa shape index (κ3) is 5.41. The molecule has 0 amide bonds. The molecule has 3 nitrogen and oxygen atoms in total. The number of rotatable bonds is 7. The van der Waals surface area contributed by atoms with Gasteiger partial charge in [0.15, 0.2) is 5.58 Å². The van der Waals surface area contributed by atoms with Gasteiger partial charge in [-0.15, -0.1) is 0 Å². The minimum Gasteiger partial charge on any atom is -0.436 e. The predicted octanol–water partition coefficient (Wildman–Crippen LogP) is 15.3. The minimum atomic E-state index is -0.530. The third-order valence-corrected chi connectivity index (χ3v) is 13.4. The van der Waals surface area contributed by atoms with Gasteiger partial charge in [0.2, 0.25) is 5.89 Å². The fourth-order valence-electron chi connectivity index (χ4n) is 10.5. The first-order valence-electron chi connectivity index (χ1n) is 21.4. The lowest BCUT2D eigenvalue weighted by Gasteiger charge is -2.35. The Morgan fingerprint density at radius 2 is 0.855 bits per heavy atom. The first kappa shape index (κ1) is 36.1. The van der Waals surface area contributed by atoms with Crippen LogP contribution in [0.3, 0.4) is 0 Å². The van der Waals surface area contributed by atoms with Crippen molar-refractivity contribution in [3.63, 3.8) is 0 Å². The molecule has 0 fully saturated rings. The Bertz CT molecular complexity index is 3270. The highest BCUT2D eigenvalue weighted by molar-refractivity contribution is 5.92. The van der Waals surface area contributed by atoms with Crippen LogP contribution >= 0.6 is 0 Å². The largest absolute Gasteiger partial charge is 0.436 e. The van der Waals surface area contributed by atoms with Crippen molar-refractivity contribution in [1.82, 2.24) is 4.98 Å². The summed E-state index contributed by atoms with van der Waals surface area (Å²) in [6, 6.07) is 79.2. The molecule has 9 aromatic carbocycles. The zero-order valence-electron chi connectivity index (χ0n) is 34.6. The van der Waals surface area contributed by atoms with Crippen molar-refractivity contribution in [2.45, 2.75) is 24.7 Å². The van der Waals surface area contributed by atoms with Gasteiger partial charge in [0, 0.05) is 34.1 Å². The standard InChI is InChI=1S/C59H42N2O/c1-58(2)51-24-14-12-22-47(51)49-33-30-44(36-53(49)58)61(46-32-35-55-56(38-46)62-57(60-55)41-28-26-40(27-29-41)39-16-6-3-7-17-39)45-31-34-50-48-23-13-15-25-52(48)59(54(50)37-45,42-18-8-4-9-19-42)43-20-10-5-11-21-43/h3-38H,1-2H3. The van der Waals surface area contributed by atoms with E-state index in [1.807, 2.05) is 6.07 Å². The van der Waals surface area contributed by atoms with Crippen LogP contribution in [0.25, 0.3) is 55.9 Å². The van der Waals surface area contributed by atoms with Crippen LogP contribution in [0.4, 0.5) is 17.1 Å². The van der Waals surface area contributed by atoms with Crippen molar-refractivity contribution in [1.29, 1.82) is 0 Å². The molecule has 0 unspecified atom stereocenters. The number of oxazole rings is 1. The molecule has 1 aromatic heterocycles. The van der Waals surface area contributed by atoms with Crippen LogP contribution in [0, 0.1) is 0 Å². The van der Waals surface area contributed by atoms with Crippen LogP contribution in [0.2, 0.25) is 0 Å². The van der Waals surface area contributed by atoms with E-state index in [0.717, 1.165) is 39.3 Å². The van der Waals surface area contributed by atoms with Crippen molar-refractivity contribution < 1.29 is 4.42 Å². The average molecular weight is 795 g/mol. The number of hydrogen-bond acceptors (Lipinski definition) is 3. The summed E-state index contributed by atoms with van der Waals surface area (Å²) in [5, 5.41) is 0. The number of hydrogen-bond donors (Lipinski definition) is 0. The molecule has 294 valence electrons. The second-order valence-electron chi connectivity index (χ2n) is 17.1. The summed E-state index contributed by atoms with van der Waals surface area (Å²) in [6.07, 6.45) is 0. The van der Waals surface area contributed by atoms with Gasteiger partial charge in [-0.3, -0.25) is 0 Å². The summed E-state index contributed by atoms with van der Waals surface area (Å²) >= 11 is 0. The Labute approximate surface area is 362 Å². The van der Waals surface area contributed by atoms with E-state index >= 15 is 0 Å². The van der Waals surface area contributed by atoms with Crippen LogP contribution < -0.4 is 4.90 Å². The summed E-state index contributed by atoms with van der Waals surface area (Å²) in [5.74, 6) is 0.603. The fourth-order valence-corrected chi connectivity index (χ4v) is 10.5. The second kappa shape index (κ2) is 13.9. The molecule has 12 rings (SSSR count). The van der Waals surface area contributed by atoms with E-state index in [1.54, 1.807) is 0 Å². The number of anilines is 3. The number of fused-ring (bicyclic) bond motifs is 7. The van der Waals surface area contributed by atoms with Crippen LogP contribution in [0.5, 0.6) is 0 Å². The predicted molar refractivity (Wildman–Crippen MR) is 254 cm³/mol. The molecule has 0 bridgehead atoms. The average Bonchev–Trinajstić information content (AvgIpc) is 3.97. The Morgan fingerprint density at radius 1 is 0.387 bits per heavy atom. The van der Waals surface area contributed by atoms with Crippen molar-refractivity contribution in [3.05, 3.63) is 252 Å². The molecule has 2 aliphatic rings. The zero-order valence-corrected chi connectivity index (χ0v) is 34.6. The minimum absolute atomic E-state index is 0.164. The lowest BCUT2D eigenvalue weighted by Crippen LogP contribution is -2.28. The van der Waals surface area contributed by atoms with E-state index in [2.05, 4.69) is 231 Å². The second-order valence-corrected chi connectivity index (χ2v) is 17.1. The first-order chi connectivity index (χ1) is 30.5. The van der Waals surface area contributed by atoms with Gasteiger partial charge in [-0.1, -0.05) is 178 Å². The van der Waals surface area contributed by atoms with E-state index in [-0.39, 0.29) is 5.41 Å². The highest BCUT2D eigenvalue weighted by Gasteiger charge is 2.46. The summed E-state index contributed by atoms with van der Waals surface area (Å²) in [5.41, 5.74) is 20.1. The SMILES string of the molecule is CC1(C)c2ccccc2-c2ccc(N(c3ccc4c(c3)C(c3ccccc3)(c3ccccc3)c3ccccc3-4)c3ccc4nc(-c5ccc(-c6ccccc6)cc5)oc4c3)cc21. The quantitative estimate of drug-likeness (QED) is 0.161. The Hall–Kier alpha value is -7.75. The van der Waals surface area contributed by atoms with Crippen molar-refractivity contribution in [3.8, 4) is 44.8 Å². The van der Waals surface area contributed by atoms with Gasteiger partial charge in [-0.05, 0) is 115 Å². The highest BCUT2D eigenvalue weighted by Crippen LogP contribution is 2.58. The summed E-state index contributed by atoms with van der Waals surface area (Å²) in [4.78, 5) is 7.39. The van der Waals surface area contributed by atoms with Gasteiger partial charge in [-0.25, -0.2) is 4.98 Å². The summed E-state index contributed by atoms with van der Waals surface area (Å²) < 4.78 is 6.64. The van der Waals surface area contributed by atoms with E-state index < -0.39 is 5.41 Å². The van der Waals surface area contributed by atoms with Crippen molar-refractivity contribution >= 4 is 28.2 Å². The molecule has 0 atom stereocenters. The van der Waals surface area contributed by atoms with Crippen LogP contribution in [-0.2, 0) is 10.8 Å². The van der Waals surface area contributed by atoms with Gasteiger partial charge >= 0.3 is 0 Å². The van der Waals surface area contributed by atoms with E-state index in [1.165, 1.54) is 61.2 Å². The molecule has 0 saturated carbocycles. The van der Waals surface area contributed by atoms with E-state index in [0.29, 0.717) is 5.89 Å². The molecule has 0 radical (unpaired) electrons. The summed E-state index contributed by atoms with van der Waals surface area (Å²) in [7, 11) is 0. The van der Waals surface area contributed by atoms with Gasteiger partial charge in [0.05, 0.1) is 5.41 Å².